The topological polar surface area (TPSA) is 36.7 Å². The lowest BCUT2D eigenvalue weighted by Crippen LogP contribution is -2.46. The van der Waals surface area contributed by atoms with Crippen LogP contribution in [0.1, 0.15) is 11.1 Å². The van der Waals surface area contributed by atoms with E-state index in [2.05, 4.69) is 15.9 Å². The number of benzene rings is 2. The Hall–Kier alpha value is -2.66. The largest absolute Gasteiger partial charge is 0.423 e. The van der Waals surface area contributed by atoms with Gasteiger partial charge in [-0.05, 0) is 48.9 Å². The highest BCUT2D eigenvalue weighted by Gasteiger charge is 2.18. The number of piperazine rings is 1. The number of rotatable bonds is 3. The molecule has 5 heteroatoms. The summed E-state index contributed by atoms with van der Waals surface area (Å²) in [6.07, 6.45) is 0. The molecule has 2 heterocycles. The predicted molar refractivity (Wildman–Crippen MR) is 101 cm³/mol. The van der Waals surface area contributed by atoms with E-state index in [0.717, 1.165) is 54.9 Å². The fraction of sp³-hybridized carbons (Fsp3) is 0.286. The Labute approximate surface area is 151 Å². The quantitative estimate of drug-likeness (QED) is 0.676. The summed E-state index contributed by atoms with van der Waals surface area (Å²) in [6.45, 7) is 6.31. The number of hydrogen-bond acceptors (Lipinski definition) is 4. The molecule has 1 aliphatic rings. The zero-order chi connectivity index (χ0) is 18.1. The number of aryl methyl sites for hydroxylation is 1. The van der Waals surface area contributed by atoms with Crippen LogP contribution in [-0.2, 0) is 6.54 Å². The molecule has 0 amide bonds. The van der Waals surface area contributed by atoms with Gasteiger partial charge in [0.1, 0.15) is 11.4 Å². The molecule has 0 unspecified atom stereocenters. The minimum absolute atomic E-state index is 0.211. The maximum absolute atomic E-state index is 13.1. The Balaban J connectivity index is 1.49. The Kier molecular flexibility index (Phi) is 4.47. The zero-order valence-electron chi connectivity index (χ0n) is 14.7. The van der Waals surface area contributed by atoms with Gasteiger partial charge in [-0.3, -0.25) is 4.90 Å². The third-order valence-electron chi connectivity index (χ3n) is 4.94. The molecule has 1 fully saturated rings. The normalized spacial score (nSPS) is 15.5. The second-order valence-electron chi connectivity index (χ2n) is 6.83. The molecule has 1 saturated heterocycles. The van der Waals surface area contributed by atoms with Crippen molar-refractivity contribution in [1.82, 2.24) is 4.90 Å². The molecule has 4 nitrogen and oxygen atoms in total. The molecule has 4 rings (SSSR count). The number of fused-ring (bicyclic) bond motifs is 1. The molecule has 134 valence electrons. The maximum atomic E-state index is 13.1. The van der Waals surface area contributed by atoms with Gasteiger partial charge in [-0.15, -0.1) is 0 Å². The third kappa shape index (κ3) is 3.48. The molecule has 0 spiro atoms. The van der Waals surface area contributed by atoms with Crippen LogP contribution >= 0.6 is 0 Å². The molecule has 0 aliphatic carbocycles. The molecule has 3 aromatic rings. The van der Waals surface area contributed by atoms with E-state index in [0.29, 0.717) is 5.58 Å². The van der Waals surface area contributed by atoms with Crippen molar-refractivity contribution in [3.8, 4) is 0 Å². The SMILES string of the molecule is Cc1ccc2oc(=O)cc(CN3CCN(c4ccc(F)cc4)CC3)c2c1. The van der Waals surface area contributed by atoms with Crippen molar-refractivity contribution < 1.29 is 8.81 Å². The fourth-order valence-corrected chi connectivity index (χ4v) is 3.53. The summed E-state index contributed by atoms with van der Waals surface area (Å²) in [5, 5.41) is 1.01. The van der Waals surface area contributed by atoms with Gasteiger partial charge in [0.05, 0.1) is 0 Å². The summed E-state index contributed by atoms with van der Waals surface area (Å²) in [6, 6.07) is 14.1. The van der Waals surface area contributed by atoms with Gasteiger partial charge < -0.3 is 9.32 Å². The fourth-order valence-electron chi connectivity index (χ4n) is 3.53. The second kappa shape index (κ2) is 6.92. The second-order valence-corrected chi connectivity index (χ2v) is 6.83. The lowest BCUT2D eigenvalue weighted by molar-refractivity contribution is 0.250. The van der Waals surface area contributed by atoms with Crippen LogP contribution in [0.3, 0.4) is 0 Å². The van der Waals surface area contributed by atoms with Gasteiger partial charge in [0.25, 0.3) is 0 Å². The van der Waals surface area contributed by atoms with Crippen LogP contribution in [0.15, 0.2) is 57.7 Å². The van der Waals surface area contributed by atoms with Gasteiger partial charge in [-0.2, -0.15) is 0 Å². The molecule has 2 aromatic carbocycles. The van der Waals surface area contributed by atoms with Gasteiger partial charge >= 0.3 is 5.63 Å². The summed E-state index contributed by atoms with van der Waals surface area (Å²) >= 11 is 0. The summed E-state index contributed by atoms with van der Waals surface area (Å²) in [7, 11) is 0. The van der Waals surface area contributed by atoms with E-state index in [1.54, 1.807) is 6.07 Å². The van der Waals surface area contributed by atoms with Crippen LogP contribution in [0.25, 0.3) is 11.0 Å². The van der Waals surface area contributed by atoms with Gasteiger partial charge in [0.15, 0.2) is 0 Å². The summed E-state index contributed by atoms with van der Waals surface area (Å²) < 4.78 is 18.4. The first kappa shape index (κ1) is 16.8. The molecular weight excluding hydrogens is 331 g/mol. The molecule has 1 aliphatic heterocycles. The predicted octanol–water partition coefficient (Wildman–Crippen LogP) is 3.56. The van der Waals surface area contributed by atoms with E-state index in [-0.39, 0.29) is 11.4 Å². The summed E-state index contributed by atoms with van der Waals surface area (Å²) in [5.74, 6) is -0.211. The highest BCUT2D eigenvalue weighted by atomic mass is 19.1. The number of hydrogen-bond donors (Lipinski definition) is 0. The highest BCUT2D eigenvalue weighted by molar-refractivity contribution is 5.80. The number of nitrogens with zero attached hydrogens (tertiary/aromatic N) is 2. The first-order valence-corrected chi connectivity index (χ1v) is 8.85. The van der Waals surface area contributed by atoms with E-state index in [9.17, 15) is 9.18 Å². The van der Waals surface area contributed by atoms with Crippen LogP contribution in [-0.4, -0.2) is 31.1 Å². The Morgan fingerprint density at radius 1 is 1.00 bits per heavy atom. The first-order chi connectivity index (χ1) is 12.6. The van der Waals surface area contributed by atoms with E-state index >= 15 is 0 Å². The van der Waals surface area contributed by atoms with E-state index in [1.807, 2.05) is 31.2 Å². The monoisotopic (exact) mass is 352 g/mol. The van der Waals surface area contributed by atoms with Crippen molar-refractivity contribution in [2.45, 2.75) is 13.5 Å². The third-order valence-corrected chi connectivity index (χ3v) is 4.94. The van der Waals surface area contributed by atoms with Crippen molar-refractivity contribution in [3.05, 3.63) is 75.9 Å². The highest BCUT2D eigenvalue weighted by Crippen LogP contribution is 2.22. The Bertz CT molecular complexity index is 973. The standard InChI is InChI=1S/C21H21FN2O2/c1-15-2-7-20-19(12-15)16(13-21(25)26-20)14-23-8-10-24(11-9-23)18-5-3-17(22)4-6-18/h2-7,12-13H,8-11,14H2,1H3. The minimum Gasteiger partial charge on any atom is -0.423 e. The van der Waals surface area contributed by atoms with Crippen LogP contribution in [0.4, 0.5) is 10.1 Å². The summed E-state index contributed by atoms with van der Waals surface area (Å²) in [4.78, 5) is 16.5. The average molecular weight is 352 g/mol. The summed E-state index contributed by atoms with van der Waals surface area (Å²) in [5.41, 5.74) is 3.54. The lowest BCUT2D eigenvalue weighted by Gasteiger charge is -2.36. The van der Waals surface area contributed by atoms with Crippen LogP contribution < -0.4 is 10.5 Å². The van der Waals surface area contributed by atoms with E-state index < -0.39 is 0 Å². The van der Waals surface area contributed by atoms with Crippen molar-refractivity contribution >= 4 is 16.7 Å². The van der Waals surface area contributed by atoms with Gasteiger partial charge in [-0.25, -0.2) is 9.18 Å². The molecule has 1 aromatic heterocycles. The van der Waals surface area contributed by atoms with Crippen LogP contribution in [0, 0.1) is 12.7 Å². The smallest absolute Gasteiger partial charge is 0.336 e. The molecular formula is C21H21FN2O2. The van der Waals surface area contributed by atoms with Crippen molar-refractivity contribution in [2.24, 2.45) is 0 Å². The zero-order valence-corrected chi connectivity index (χ0v) is 14.7. The Morgan fingerprint density at radius 3 is 2.46 bits per heavy atom. The molecule has 0 bridgehead atoms. The minimum atomic E-state index is -0.304. The van der Waals surface area contributed by atoms with Crippen molar-refractivity contribution in [2.75, 3.05) is 31.1 Å². The van der Waals surface area contributed by atoms with E-state index in [4.69, 9.17) is 4.42 Å². The first-order valence-electron chi connectivity index (χ1n) is 8.85. The van der Waals surface area contributed by atoms with Gasteiger partial charge in [0.2, 0.25) is 0 Å². The maximum Gasteiger partial charge on any atom is 0.336 e. The van der Waals surface area contributed by atoms with E-state index in [1.165, 1.54) is 12.1 Å². The van der Waals surface area contributed by atoms with Crippen molar-refractivity contribution in [1.29, 1.82) is 0 Å². The number of anilines is 1. The van der Waals surface area contributed by atoms with Crippen LogP contribution in [0.2, 0.25) is 0 Å². The number of halogens is 1. The molecule has 0 radical (unpaired) electrons. The molecule has 0 N–H and O–H groups in total. The molecule has 0 atom stereocenters. The average Bonchev–Trinajstić information content (AvgIpc) is 2.64. The van der Waals surface area contributed by atoms with Gasteiger partial charge in [0, 0.05) is 49.9 Å². The van der Waals surface area contributed by atoms with Crippen molar-refractivity contribution in [3.63, 3.8) is 0 Å². The molecule has 26 heavy (non-hydrogen) atoms. The Morgan fingerprint density at radius 2 is 1.73 bits per heavy atom. The van der Waals surface area contributed by atoms with Gasteiger partial charge in [-0.1, -0.05) is 11.6 Å². The lowest BCUT2D eigenvalue weighted by atomic mass is 10.1. The molecule has 0 saturated carbocycles. The van der Waals surface area contributed by atoms with Crippen LogP contribution in [0.5, 0.6) is 0 Å².